The summed E-state index contributed by atoms with van der Waals surface area (Å²) in [5, 5.41) is 3.16. The molecule has 1 aromatic heterocycles. The van der Waals surface area contributed by atoms with Crippen LogP contribution in [0.25, 0.3) is 11.0 Å². The number of anilines is 1. The van der Waals surface area contributed by atoms with E-state index < -0.39 is 0 Å². The van der Waals surface area contributed by atoms with E-state index >= 15 is 0 Å². The van der Waals surface area contributed by atoms with Gasteiger partial charge in [0, 0.05) is 23.7 Å². The van der Waals surface area contributed by atoms with E-state index in [-0.39, 0.29) is 5.78 Å². The average molecular weight is 307 g/mol. The Kier molecular flexibility index (Phi) is 3.01. The predicted molar refractivity (Wildman–Crippen MR) is 89.0 cm³/mol. The van der Waals surface area contributed by atoms with E-state index in [1.807, 2.05) is 60.1 Å². The number of aryl methyl sites for hydroxylation is 1. The second kappa shape index (κ2) is 5.03. The van der Waals surface area contributed by atoms with Gasteiger partial charge in [0.2, 0.25) is 11.7 Å². The number of fused-ring (bicyclic) bond motifs is 2. The van der Waals surface area contributed by atoms with Gasteiger partial charge in [0.1, 0.15) is 0 Å². The maximum atomic E-state index is 12.3. The van der Waals surface area contributed by atoms with Crippen molar-refractivity contribution in [1.82, 2.24) is 9.55 Å². The number of nitrogens with one attached hydrogen (secondary N) is 1. The van der Waals surface area contributed by atoms with Crippen molar-refractivity contribution in [2.45, 2.75) is 4.90 Å². The van der Waals surface area contributed by atoms with Crippen molar-refractivity contribution in [3.05, 3.63) is 65.2 Å². The molecule has 0 unspecified atom stereocenters. The second-order valence-corrected chi connectivity index (χ2v) is 6.15. The Morgan fingerprint density at radius 2 is 1.91 bits per heavy atom. The lowest BCUT2D eigenvalue weighted by Gasteiger charge is -2.02. The summed E-state index contributed by atoms with van der Waals surface area (Å²) in [7, 11) is 1.95. The highest BCUT2D eigenvalue weighted by Gasteiger charge is 2.25. The van der Waals surface area contributed by atoms with Crippen molar-refractivity contribution in [3.8, 4) is 0 Å². The molecule has 0 saturated heterocycles. The van der Waals surface area contributed by atoms with Crippen molar-refractivity contribution >= 4 is 34.5 Å². The Balaban J connectivity index is 1.65. The molecule has 4 nitrogen and oxygen atoms in total. The molecule has 0 fully saturated rings. The summed E-state index contributed by atoms with van der Waals surface area (Å²) in [6.45, 7) is 0. The number of carbonyl (C=O) groups is 1. The molecule has 0 bridgehead atoms. The van der Waals surface area contributed by atoms with Crippen LogP contribution in [0.4, 0.5) is 5.95 Å². The van der Waals surface area contributed by atoms with Crippen LogP contribution in [0, 0.1) is 0 Å². The summed E-state index contributed by atoms with van der Waals surface area (Å²) < 4.78 is 1.98. The molecule has 1 N–H and O–H groups in total. The van der Waals surface area contributed by atoms with Crippen LogP contribution in [0.15, 0.2) is 64.5 Å². The van der Waals surface area contributed by atoms with E-state index in [0.29, 0.717) is 4.91 Å². The van der Waals surface area contributed by atoms with Gasteiger partial charge in [0.25, 0.3) is 0 Å². The smallest absolute Gasteiger partial charge is 0.207 e. The molecule has 0 spiro atoms. The van der Waals surface area contributed by atoms with Crippen LogP contribution in [0.1, 0.15) is 10.4 Å². The Morgan fingerprint density at radius 1 is 1.14 bits per heavy atom. The first-order valence-corrected chi connectivity index (χ1v) is 7.75. The lowest BCUT2D eigenvalue weighted by atomic mass is 10.1. The van der Waals surface area contributed by atoms with Crippen LogP contribution in [0.2, 0.25) is 0 Å². The van der Waals surface area contributed by atoms with Crippen LogP contribution >= 0.6 is 11.8 Å². The van der Waals surface area contributed by atoms with E-state index in [1.54, 1.807) is 6.20 Å². The third-order valence-electron chi connectivity index (χ3n) is 3.69. The van der Waals surface area contributed by atoms with Crippen LogP contribution in [-0.2, 0) is 7.05 Å². The molecule has 2 aromatic carbocycles. The zero-order chi connectivity index (χ0) is 15.1. The summed E-state index contributed by atoms with van der Waals surface area (Å²) in [4.78, 5) is 18.5. The monoisotopic (exact) mass is 307 g/mol. The number of allylic oxidation sites excluding steroid dienone is 1. The number of aromatic nitrogens is 2. The first-order chi connectivity index (χ1) is 10.7. The third-order valence-corrected chi connectivity index (χ3v) is 4.79. The molecule has 0 amide bonds. The highest BCUT2D eigenvalue weighted by Crippen LogP contribution is 2.39. The van der Waals surface area contributed by atoms with E-state index in [0.717, 1.165) is 27.4 Å². The Morgan fingerprint density at radius 3 is 2.73 bits per heavy atom. The van der Waals surface area contributed by atoms with Crippen LogP contribution < -0.4 is 5.32 Å². The van der Waals surface area contributed by atoms with Gasteiger partial charge < -0.3 is 9.88 Å². The van der Waals surface area contributed by atoms with Gasteiger partial charge in [-0.3, -0.25) is 4.79 Å². The molecule has 2 heterocycles. The van der Waals surface area contributed by atoms with Gasteiger partial charge in [0.05, 0.1) is 15.9 Å². The van der Waals surface area contributed by atoms with Gasteiger partial charge in [-0.05, 0) is 24.3 Å². The number of thioether (sulfide) groups is 1. The molecule has 0 radical (unpaired) electrons. The molecule has 3 aromatic rings. The number of Topliss-reactive ketones (excluding diaryl/α,β-unsaturated/α-hetero) is 1. The van der Waals surface area contributed by atoms with Gasteiger partial charge in [-0.15, -0.1) is 0 Å². The summed E-state index contributed by atoms with van der Waals surface area (Å²) >= 11 is 1.49. The predicted octanol–water partition coefficient (Wildman–Crippen LogP) is 3.82. The lowest BCUT2D eigenvalue weighted by molar-refractivity contribution is 0.104. The minimum Gasteiger partial charge on any atom is -0.331 e. The molecule has 5 heteroatoms. The summed E-state index contributed by atoms with van der Waals surface area (Å²) in [5.41, 5.74) is 2.75. The molecule has 0 aliphatic carbocycles. The molecule has 0 atom stereocenters. The number of benzene rings is 2. The number of rotatable bonds is 2. The molecular weight excluding hydrogens is 294 g/mol. The fourth-order valence-corrected chi connectivity index (χ4v) is 3.52. The second-order valence-electron chi connectivity index (χ2n) is 5.06. The first kappa shape index (κ1) is 13.2. The van der Waals surface area contributed by atoms with Gasteiger partial charge in [-0.25, -0.2) is 4.98 Å². The normalized spacial score (nSPS) is 15.5. The van der Waals surface area contributed by atoms with Gasteiger partial charge in [-0.1, -0.05) is 36.0 Å². The number of nitrogens with zero attached hydrogens (tertiary/aromatic N) is 2. The van der Waals surface area contributed by atoms with E-state index in [1.165, 1.54) is 11.8 Å². The van der Waals surface area contributed by atoms with Crippen molar-refractivity contribution in [2.75, 3.05) is 5.32 Å². The van der Waals surface area contributed by atoms with Crippen LogP contribution in [0.3, 0.4) is 0 Å². The molecule has 4 rings (SSSR count). The zero-order valence-electron chi connectivity index (χ0n) is 11.9. The summed E-state index contributed by atoms with van der Waals surface area (Å²) in [5.74, 6) is 0.782. The third kappa shape index (κ3) is 2.02. The van der Waals surface area contributed by atoms with Gasteiger partial charge in [0.15, 0.2) is 0 Å². The summed E-state index contributed by atoms with van der Waals surface area (Å²) in [6, 6.07) is 15.6. The van der Waals surface area contributed by atoms with E-state index in [2.05, 4.69) is 10.3 Å². The topological polar surface area (TPSA) is 46.9 Å². The van der Waals surface area contributed by atoms with E-state index in [9.17, 15) is 4.79 Å². The van der Waals surface area contributed by atoms with Gasteiger partial charge >= 0.3 is 0 Å². The first-order valence-electron chi connectivity index (χ1n) is 6.94. The molecule has 1 aliphatic rings. The van der Waals surface area contributed by atoms with Crippen molar-refractivity contribution < 1.29 is 4.79 Å². The average Bonchev–Trinajstić information content (AvgIpc) is 3.04. The highest BCUT2D eigenvalue weighted by molar-refractivity contribution is 8.04. The Hall–Kier alpha value is -2.53. The molecule has 0 saturated carbocycles. The largest absolute Gasteiger partial charge is 0.331 e. The highest BCUT2D eigenvalue weighted by atomic mass is 32.2. The minimum absolute atomic E-state index is 0.0619. The lowest BCUT2D eigenvalue weighted by Crippen LogP contribution is -2.01. The van der Waals surface area contributed by atoms with Crippen molar-refractivity contribution in [2.24, 2.45) is 7.05 Å². The Labute approximate surface area is 131 Å². The number of hydrogen-bond donors (Lipinski definition) is 1. The molecule has 1 aliphatic heterocycles. The number of ketones is 1. The minimum atomic E-state index is 0.0619. The molecule has 22 heavy (non-hydrogen) atoms. The Bertz CT molecular complexity index is 927. The van der Waals surface area contributed by atoms with Gasteiger partial charge in [-0.2, -0.15) is 0 Å². The SMILES string of the molecule is Cn1c(NC=C2Sc3ccccc3C2=O)nc2ccccc21. The van der Waals surface area contributed by atoms with Crippen LogP contribution in [-0.4, -0.2) is 15.3 Å². The maximum absolute atomic E-state index is 12.3. The number of para-hydroxylation sites is 2. The number of hydrogen-bond acceptors (Lipinski definition) is 4. The number of carbonyl (C=O) groups excluding carboxylic acids is 1. The molecular formula is C17H13N3OS. The fraction of sp³-hybridized carbons (Fsp3) is 0.0588. The standard InChI is InChI=1S/C17H13N3OS/c1-20-13-8-4-3-7-12(13)19-17(20)18-10-15-16(21)11-6-2-5-9-14(11)22-15/h2-10H,1H3,(H,18,19). The molecule has 108 valence electrons. The van der Waals surface area contributed by atoms with E-state index in [4.69, 9.17) is 0 Å². The van der Waals surface area contributed by atoms with Crippen LogP contribution in [0.5, 0.6) is 0 Å². The van der Waals surface area contributed by atoms with Crippen molar-refractivity contribution in [3.63, 3.8) is 0 Å². The maximum Gasteiger partial charge on any atom is 0.207 e. The van der Waals surface area contributed by atoms with Crippen molar-refractivity contribution in [1.29, 1.82) is 0 Å². The number of imidazole rings is 1. The quantitative estimate of drug-likeness (QED) is 0.731. The summed E-state index contributed by atoms with van der Waals surface area (Å²) in [6.07, 6.45) is 1.74. The fourth-order valence-electron chi connectivity index (χ4n) is 2.54. The zero-order valence-corrected chi connectivity index (χ0v) is 12.7.